The van der Waals surface area contributed by atoms with Crippen molar-refractivity contribution in [3.8, 4) is 5.75 Å². The molecule has 25 heavy (non-hydrogen) atoms. The van der Waals surface area contributed by atoms with Crippen molar-refractivity contribution in [2.75, 3.05) is 45.9 Å². The standard InChI is InChI=1S/C18H30N2O4S/c1-3-4-5-14-24-17-15-16(2)6-7-18(17)25(22,23)20-10-8-19(9-11-20)12-13-21/h6-7,15,21H,3-5,8-14H2,1-2H3. The summed E-state index contributed by atoms with van der Waals surface area (Å²) in [6.07, 6.45) is 3.09. The van der Waals surface area contributed by atoms with Crippen LogP contribution in [0.1, 0.15) is 31.7 Å². The number of rotatable bonds is 9. The van der Waals surface area contributed by atoms with Crippen molar-refractivity contribution in [3.63, 3.8) is 0 Å². The second-order valence-corrected chi connectivity index (χ2v) is 8.38. The highest BCUT2D eigenvalue weighted by atomic mass is 32.2. The van der Waals surface area contributed by atoms with Crippen LogP contribution in [-0.2, 0) is 10.0 Å². The Hall–Kier alpha value is -1.15. The van der Waals surface area contributed by atoms with Crippen LogP contribution in [0.2, 0.25) is 0 Å². The molecule has 0 radical (unpaired) electrons. The maximum atomic E-state index is 13.1. The van der Waals surface area contributed by atoms with Gasteiger partial charge < -0.3 is 9.84 Å². The number of β-amino-alcohol motifs (C(OH)–C–C–N with tert-alkyl or cyclic N) is 1. The Kier molecular flexibility index (Phi) is 7.68. The number of ether oxygens (including phenoxy) is 1. The van der Waals surface area contributed by atoms with Crippen molar-refractivity contribution in [2.45, 2.75) is 38.0 Å². The van der Waals surface area contributed by atoms with E-state index in [2.05, 4.69) is 11.8 Å². The van der Waals surface area contributed by atoms with E-state index < -0.39 is 10.0 Å². The third-order valence-corrected chi connectivity index (χ3v) is 6.41. The number of benzene rings is 1. The predicted molar refractivity (Wildman–Crippen MR) is 98.5 cm³/mol. The van der Waals surface area contributed by atoms with Gasteiger partial charge in [0.25, 0.3) is 0 Å². The molecule has 0 amide bonds. The molecular weight excluding hydrogens is 340 g/mol. The lowest BCUT2D eigenvalue weighted by Crippen LogP contribution is -2.49. The molecule has 0 saturated carbocycles. The Balaban J connectivity index is 2.13. The first-order valence-electron chi connectivity index (χ1n) is 9.06. The summed E-state index contributed by atoms with van der Waals surface area (Å²) < 4.78 is 33.4. The third-order valence-electron chi connectivity index (χ3n) is 4.47. The van der Waals surface area contributed by atoms with Crippen LogP contribution in [0.15, 0.2) is 23.1 Å². The number of unbranched alkanes of at least 4 members (excludes halogenated alkanes) is 2. The van der Waals surface area contributed by atoms with Crippen LogP contribution >= 0.6 is 0 Å². The molecule has 2 rings (SSSR count). The molecule has 1 aliphatic heterocycles. The molecular formula is C18H30N2O4S. The summed E-state index contributed by atoms with van der Waals surface area (Å²) in [5, 5.41) is 9.02. The van der Waals surface area contributed by atoms with Gasteiger partial charge in [0.1, 0.15) is 10.6 Å². The Morgan fingerprint density at radius 3 is 2.52 bits per heavy atom. The molecule has 0 aromatic heterocycles. The summed E-state index contributed by atoms with van der Waals surface area (Å²) in [6.45, 7) is 7.42. The fraction of sp³-hybridized carbons (Fsp3) is 0.667. The van der Waals surface area contributed by atoms with E-state index in [1.54, 1.807) is 12.1 Å². The molecule has 0 spiro atoms. The van der Waals surface area contributed by atoms with Gasteiger partial charge in [-0.3, -0.25) is 4.90 Å². The summed E-state index contributed by atoms with van der Waals surface area (Å²) in [5.74, 6) is 0.453. The first-order chi connectivity index (χ1) is 12.0. The molecule has 1 aliphatic rings. The maximum Gasteiger partial charge on any atom is 0.246 e. The van der Waals surface area contributed by atoms with Crippen molar-refractivity contribution in [1.29, 1.82) is 0 Å². The smallest absolute Gasteiger partial charge is 0.246 e. The van der Waals surface area contributed by atoms with E-state index in [-0.39, 0.29) is 11.5 Å². The van der Waals surface area contributed by atoms with E-state index in [4.69, 9.17) is 9.84 Å². The van der Waals surface area contributed by atoms with Gasteiger partial charge in [0.2, 0.25) is 10.0 Å². The zero-order valence-corrected chi connectivity index (χ0v) is 16.1. The van der Waals surface area contributed by atoms with E-state index in [0.29, 0.717) is 45.1 Å². The van der Waals surface area contributed by atoms with Crippen LogP contribution in [0.3, 0.4) is 0 Å². The topological polar surface area (TPSA) is 70.1 Å². The minimum Gasteiger partial charge on any atom is -0.492 e. The average Bonchev–Trinajstić information content (AvgIpc) is 2.59. The summed E-state index contributed by atoms with van der Waals surface area (Å²) >= 11 is 0. The lowest BCUT2D eigenvalue weighted by atomic mass is 10.2. The molecule has 0 bridgehead atoms. The maximum absolute atomic E-state index is 13.1. The summed E-state index contributed by atoms with van der Waals surface area (Å²) in [4.78, 5) is 2.33. The minimum absolute atomic E-state index is 0.0977. The van der Waals surface area contributed by atoms with Crippen LogP contribution in [0.5, 0.6) is 5.75 Å². The van der Waals surface area contributed by atoms with Crippen LogP contribution in [0, 0.1) is 6.92 Å². The second-order valence-electron chi connectivity index (χ2n) is 6.48. The van der Waals surface area contributed by atoms with E-state index >= 15 is 0 Å². The SMILES string of the molecule is CCCCCOc1cc(C)ccc1S(=O)(=O)N1CCN(CCO)CC1. The Morgan fingerprint density at radius 1 is 1.16 bits per heavy atom. The molecule has 1 fully saturated rings. The lowest BCUT2D eigenvalue weighted by molar-refractivity contribution is 0.151. The summed E-state index contributed by atoms with van der Waals surface area (Å²) in [5.41, 5.74) is 0.984. The van der Waals surface area contributed by atoms with Gasteiger partial charge in [-0.05, 0) is 31.0 Å². The van der Waals surface area contributed by atoms with Gasteiger partial charge in [-0.25, -0.2) is 8.42 Å². The highest BCUT2D eigenvalue weighted by molar-refractivity contribution is 7.89. The number of aliphatic hydroxyl groups is 1. The van der Waals surface area contributed by atoms with Crippen molar-refractivity contribution in [2.24, 2.45) is 0 Å². The van der Waals surface area contributed by atoms with E-state index in [1.807, 2.05) is 13.0 Å². The van der Waals surface area contributed by atoms with Gasteiger partial charge in [0.05, 0.1) is 13.2 Å². The van der Waals surface area contributed by atoms with Crippen molar-refractivity contribution in [1.82, 2.24) is 9.21 Å². The highest BCUT2D eigenvalue weighted by Crippen LogP contribution is 2.29. The van der Waals surface area contributed by atoms with Crippen LogP contribution in [-0.4, -0.2) is 68.7 Å². The van der Waals surface area contributed by atoms with Crippen LogP contribution in [0.25, 0.3) is 0 Å². The van der Waals surface area contributed by atoms with Crippen molar-refractivity contribution >= 4 is 10.0 Å². The number of hydrogen-bond acceptors (Lipinski definition) is 5. The van der Waals surface area contributed by atoms with E-state index in [0.717, 1.165) is 24.8 Å². The van der Waals surface area contributed by atoms with Gasteiger partial charge in [-0.2, -0.15) is 4.31 Å². The number of aliphatic hydroxyl groups excluding tert-OH is 1. The highest BCUT2D eigenvalue weighted by Gasteiger charge is 2.30. The number of sulfonamides is 1. The first kappa shape index (κ1) is 20.2. The molecule has 1 heterocycles. The van der Waals surface area contributed by atoms with Crippen LogP contribution in [0.4, 0.5) is 0 Å². The van der Waals surface area contributed by atoms with Gasteiger partial charge >= 0.3 is 0 Å². The molecule has 1 aromatic carbocycles. The molecule has 0 aliphatic carbocycles. The number of hydrogen-bond donors (Lipinski definition) is 1. The monoisotopic (exact) mass is 370 g/mol. The molecule has 1 aromatic rings. The molecule has 1 N–H and O–H groups in total. The lowest BCUT2D eigenvalue weighted by Gasteiger charge is -2.33. The summed E-state index contributed by atoms with van der Waals surface area (Å²) in [6, 6.07) is 5.27. The van der Waals surface area contributed by atoms with Crippen molar-refractivity contribution < 1.29 is 18.3 Å². The third kappa shape index (κ3) is 5.41. The fourth-order valence-electron chi connectivity index (χ4n) is 2.95. The molecule has 0 atom stereocenters. The number of aryl methyl sites for hydroxylation is 1. The molecule has 0 unspecified atom stereocenters. The normalized spacial score (nSPS) is 16.9. The van der Waals surface area contributed by atoms with Crippen molar-refractivity contribution in [3.05, 3.63) is 23.8 Å². The molecule has 142 valence electrons. The zero-order chi connectivity index (χ0) is 18.3. The quantitative estimate of drug-likeness (QED) is 0.672. The van der Waals surface area contributed by atoms with Crippen LogP contribution < -0.4 is 4.74 Å². The van der Waals surface area contributed by atoms with Gasteiger partial charge in [-0.15, -0.1) is 0 Å². The predicted octanol–water partition coefficient (Wildman–Crippen LogP) is 1.86. The first-order valence-corrected chi connectivity index (χ1v) is 10.5. The second kappa shape index (κ2) is 9.52. The fourth-order valence-corrected chi connectivity index (χ4v) is 4.48. The summed E-state index contributed by atoms with van der Waals surface area (Å²) in [7, 11) is -3.57. The largest absolute Gasteiger partial charge is 0.492 e. The van der Waals surface area contributed by atoms with Gasteiger partial charge in [0, 0.05) is 32.7 Å². The Morgan fingerprint density at radius 2 is 1.88 bits per heavy atom. The molecule has 1 saturated heterocycles. The van der Waals surface area contributed by atoms with Gasteiger partial charge in [0.15, 0.2) is 0 Å². The average molecular weight is 371 g/mol. The number of nitrogens with zero attached hydrogens (tertiary/aromatic N) is 2. The Labute approximate surface area is 151 Å². The van der Waals surface area contributed by atoms with E-state index in [1.165, 1.54) is 4.31 Å². The minimum atomic E-state index is -3.57. The van der Waals surface area contributed by atoms with E-state index in [9.17, 15) is 8.42 Å². The molecule has 7 heteroatoms. The van der Waals surface area contributed by atoms with Gasteiger partial charge in [-0.1, -0.05) is 25.8 Å². The zero-order valence-electron chi connectivity index (χ0n) is 15.3. The number of piperazine rings is 1. The molecule has 6 nitrogen and oxygen atoms in total. The Bertz CT molecular complexity index is 640.